The van der Waals surface area contributed by atoms with Crippen molar-refractivity contribution in [2.24, 2.45) is 5.92 Å². The Labute approximate surface area is 143 Å². The van der Waals surface area contributed by atoms with E-state index >= 15 is 0 Å². The molecule has 0 heterocycles. The van der Waals surface area contributed by atoms with E-state index in [1.165, 1.54) is 11.2 Å². The van der Waals surface area contributed by atoms with Crippen LogP contribution >= 0.6 is 0 Å². The van der Waals surface area contributed by atoms with Gasteiger partial charge in [-0.2, -0.15) is 4.31 Å². The predicted octanol–water partition coefficient (Wildman–Crippen LogP) is 1.89. The number of sulfonamides is 1. The van der Waals surface area contributed by atoms with Crippen molar-refractivity contribution in [3.05, 3.63) is 24.3 Å². The smallest absolute Gasteiger partial charge is 0.239 e. The summed E-state index contributed by atoms with van der Waals surface area (Å²) < 4.78 is 24.8. The van der Waals surface area contributed by atoms with Gasteiger partial charge in [0.1, 0.15) is 0 Å². The third-order valence-corrected chi connectivity index (χ3v) is 4.46. The zero-order valence-electron chi connectivity index (χ0n) is 14.5. The molecule has 0 aliphatic rings. The van der Waals surface area contributed by atoms with Crippen LogP contribution in [0.25, 0.3) is 0 Å². The number of hydrogen-bond donors (Lipinski definition) is 2. The Morgan fingerprint density at radius 2 is 1.75 bits per heavy atom. The van der Waals surface area contributed by atoms with Gasteiger partial charge >= 0.3 is 0 Å². The molecule has 134 valence electrons. The van der Waals surface area contributed by atoms with E-state index in [4.69, 9.17) is 0 Å². The monoisotopic (exact) mass is 355 g/mol. The van der Waals surface area contributed by atoms with Gasteiger partial charge in [0, 0.05) is 24.8 Å². The van der Waals surface area contributed by atoms with Gasteiger partial charge in [-0.1, -0.05) is 19.9 Å². The van der Waals surface area contributed by atoms with Gasteiger partial charge in [0.25, 0.3) is 0 Å². The van der Waals surface area contributed by atoms with Gasteiger partial charge in [-0.3, -0.25) is 9.59 Å². The molecule has 8 heteroatoms. The number of benzene rings is 1. The molecule has 0 saturated carbocycles. The number of rotatable bonds is 8. The van der Waals surface area contributed by atoms with Gasteiger partial charge in [-0.25, -0.2) is 8.42 Å². The fraction of sp³-hybridized carbons (Fsp3) is 0.500. The number of carbonyl (C=O) groups excluding carboxylic acids is 2. The van der Waals surface area contributed by atoms with Crippen LogP contribution in [0.3, 0.4) is 0 Å². The number of amides is 2. The molecule has 0 fully saturated rings. The molecule has 2 N–H and O–H groups in total. The molecule has 0 bridgehead atoms. The highest BCUT2D eigenvalue weighted by atomic mass is 32.2. The van der Waals surface area contributed by atoms with E-state index in [2.05, 4.69) is 10.6 Å². The second-order valence-corrected chi connectivity index (χ2v) is 8.07. The number of carbonyl (C=O) groups is 2. The van der Waals surface area contributed by atoms with Crippen LogP contribution in [0.5, 0.6) is 0 Å². The molecular weight excluding hydrogens is 330 g/mol. The van der Waals surface area contributed by atoms with E-state index in [0.29, 0.717) is 30.3 Å². The number of anilines is 2. The molecule has 0 radical (unpaired) electrons. The predicted molar refractivity (Wildman–Crippen MR) is 95.2 cm³/mol. The normalized spacial score (nSPS) is 11.6. The standard InChI is InChI=1S/C16H25N3O4S/c1-12(2)8-9-19(24(4,22)23)11-16(21)18-15-7-5-6-14(10-15)17-13(3)20/h5-7,10,12H,8-9,11H2,1-4H3,(H,17,20)(H,18,21). The average molecular weight is 355 g/mol. The molecule has 2 amide bonds. The summed E-state index contributed by atoms with van der Waals surface area (Å²) in [7, 11) is -3.46. The largest absolute Gasteiger partial charge is 0.326 e. The molecule has 0 aromatic heterocycles. The molecule has 0 atom stereocenters. The van der Waals surface area contributed by atoms with Gasteiger partial charge in [0.15, 0.2) is 0 Å². The minimum absolute atomic E-state index is 0.213. The zero-order valence-corrected chi connectivity index (χ0v) is 15.3. The molecule has 7 nitrogen and oxygen atoms in total. The lowest BCUT2D eigenvalue weighted by atomic mass is 10.1. The molecule has 24 heavy (non-hydrogen) atoms. The van der Waals surface area contributed by atoms with Gasteiger partial charge in [0.2, 0.25) is 21.8 Å². The second-order valence-electron chi connectivity index (χ2n) is 6.09. The summed E-state index contributed by atoms with van der Waals surface area (Å²) in [6, 6.07) is 6.66. The highest BCUT2D eigenvalue weighted by molar-refractivity contribution is 7.88. The van der Waals surface area contributed by atoms with Crippen molar-refractivity contribution in [3.63, 3.8) is 0 Å². The van der Waals surface area contributed by atoms with Crippen LogP contribution in [0.4, 0.5) is 11.4 Å². The topological polar surface area (TPSA) is 95.6 Å². The van der Waals surface area contributed by atoms with Crippen molar-refractivity contribution in [2.75, 3.05) is 30.0 Å². The van der Waals surface area contributed by atoms with Gasteiger partial charge in [0.05, 0.1) is 12.8 Å². The van der Waals surface area contributed by atoms with Crippen molar-refractivity contribution < 1.29 is 18.0 Å². The van der Waals surface area contributed by atoms with Crippen molar-refractivity contribution in [1.82, 2.24) is 4.31 Å². The summed E-state index contributed by atoms with van der Waals surface area (Å²) in [5.74, 6) is -0.300. The third-order valence-electron chi connectivity index (χ3n) is 3.21. The summed E-state index contributed by atoms with van der Waals surface area (Å²) >= 11 is 0. The van der Waals surface area contributed by atoms with Crippen LogP contribution in [-0.2, 0) is 19.6 Å². The quantitative estimate of drug-likeness (QED) is 0.744. The number of nitrogens with one attached hydrogen (secondary N) is 2. The molecule has 0 aliphatic heterocycles. The second kappa shape index (κ2) is 8.79. The lowest BCUT2D eigenvalue weighted by Crippen LogP contribution is -2.38. The lowest BCUT2D eigenvalue weighted by molar-refractivity contribution is -0.116. The fourth-order valence-electron chi connectivity index (χ4n) is 2.00. The van der Waals surface area contributed by atoms with Crippen molar-refractivity contribution in [2.45, 2.75) is 27.2 Å². The van der Waals surface area contributed by atoms with E-state index in [1.807, 2.05) is 13.8 Å². The Bertz CT molecular complexity index is 686. The summed E-state index contributed by atoms with van der Waals surface area (Å²) in [6.45, 7) is 5.44. The first-order valence-corrected chi connectivity index (χ1v) is 9.55. The maximum atomic E-state index is 12.1. The van der Waals surface area contributed by atoms with E-state index < -0.39 is 15.9 Å². The SMILES string of the molecule is CC(=O)Nc1cccc(NC(=O)CN(CCC(C)C)S(C)(=O)=O)c1. The third kappa shape index (κ3) is 7.56. The van der Waals surface area contributed by atoms with E-state index in [9.17, 15) is 18.0 Å². The van der Waals surface area contributed by atoms with Gasteiger partial charge < -0.3 is 10.6 Å². The first-order valence-electron chi connectivity index (χ1n) is 7.70. The van der Waals surface area contributed by atoms with Gasteiger partial charge in [-0.05, 0) is 30.5 Å². The van der Waals surface area contributed by atoms with Crippen molar-refractivity contribution in [1.29, 1.82) is 0 Å². The number of hydrogen-bond acceptors (Lipinski definition) is 4. The Morgan fingerprint density at radius 3 is 2.25 bits per heavy atom. The molecule has 0 unspecified atom stereocenters. The molecule has 0 spiro atoms. The highest BCUT2D eigenvalue weighted by Crippen LogP contribution is 2.15. The Hall–Kier alpha value is -1.93. The zero-order chi connectivity index (χ0) is 18.3. The molecule has 0 saturated heterocycles. The minimum atomic E-state index is -3.46. The van der Waals surface area contributed by atoms with Crippen LogP contribution in [0.1, 0.15) is 27.2 Å². The summed E-state index contributed by atoms with van der Waals surface area (Å²) in [6.07, 6.45) is 1.77. The molecule has 1 rings (SSSR count). The summed E-state index contributed by atoms with van der Waals surface area (Å²) in [4.78, 5) is 23.2. The first kappa shape index (κ1) is 20.1. The maximum Gasteiger partial charge on any atom is 0.239 e. The van der Waals surface area contributed by atoms with Crippen molar-refractivity contribution >= 4 is 33.2 Å². The number of nitrogens with zero attached hydrogens (tertiary/aromatic N) is 1. The highest BCUT2D eigenvalue weighted by Gasteiger charge is 2.20. The summed E-state index contributed by atoms with van der Waals surface area (Å²) in [5.41, 5.74) is 1.05. The molecular formula is C16H25N3O4S. The van der Waals surface area contributed by atoms with Crippen LogP contribution < -0.4 is 10.6 Å². The van der Waals surface area contributed by atoms with E-state index in [0.717, 1.165) is 6.26 Å². The molecule has 1 aromatic carbocycles. The Morgan fingerprint density at radius 1 is 1.17 bits per heavy atom. The van der Waals surface area contributed by atoms with Crippen LogP contribution in [0, 0.1) is 5.92 Å². The van der Waals surface area contributed by atoms with Crippen molar-refractivity contribution in [3.8, 4) is 0 Å². The average Bonchev–Trinajstić information content (AvgIpc) is 2.41. The van der Waals surface area contributed by atoms with Crippen LogP contribution in [-0.4, -0.2) is 43.9 Å². The first-order chi connectivity index (χ1) is 11.1. The van der Waals surface area contributed by atoms with Crippen LogP contribution in [0.15, 0.2) is 24.3 Å². The van der Waals surface area contributed by atoms with Gasteiger partial charge in [-0.15, -0.1) is 0 Å². The summed E-state index contributed by atoms with van der Waals surface area (Å²) in [5, 5.41) is 5.27. The minimum Gasteiger partial charge on any atom is -0.326 e. The molecule has 1 aromatic rings. The van der Waals surface area contributed by atoms with Crippen LogP contribution in [0.2, 0.25) is 0 Å². The maximum absolute atomic E-state index is 12.1. The van der Waals surface area contributed by atoms with E-state index in [-0.39, 0.29) is 12.5 Å². The van der Waals surface area contributed by atoms with E-state index in [1.54, 1.807) is 24.3 Å². The fourth-order valence-corrected chi connectivity index (χ4v) is 2.79. The Balaban J connectivity index is 2.73. The Kier molecular flexibility index (Phi) is 7.37. The lowest BCUT2D eigenvalue weighted by Gasteiger charge is -2.20. The molecule has 0 aliphatic carbocycles.